The Morgan fingerprint density at radius 3 is 2.73 bits per heavy atom. The molecule has 2 unspecified atom stereocenters. The van der Waals surface area contributed by atoms with E-state index in [1.54, 1.807) is 0 Å². The van der Waals surface area contributed by atoms with Crippen LogP contribution in [0.1, 0.15) is 25.3 Å². The highest BCUT2D eigenvalue weighted by atomic mass is 35.5. The number of rotatable bonds is 2. The Labute approximate surface area is 95.4 Å². The van der Waals surface area contributed by atoms with E-state index in [4.69, 9.17) is 11.6 Å². The summed E-state index contributed by atoms with van der Waals surface area (Å²) >= 11 is 6.10. The minimum atomic E-state index is 0.210. The van der Waals surface area contributed by atoms with Crippen LogP contribution in [0.2, 0.25) is 5.02 Å². The summed E-state index contributed by atoms with van der Waals surface area (Å²) in [5, 5.41) is 0.823. The lowest BCUT2D eigenvalue weighted by molar-refractivity contribution is -0.120. The third kappa shape index (κ3) is 2.23. The molecule has 80 valence electrons. The Bertz CT molecular complexity index is 373. The Balaban J connectivity index is 2.10. The predicted octanol–water partition coefficient (Wildman–Crippen LogP) is 3.50. The van der Waals surface area contributed by atoms with Crippen molar-refractivity contribution in [1.29, 1.82) is 0 Å². The van der Waals surface area contributed by atoms with Gasteiger partial charge < -0.3 is 0 Å². The topological polar surface area (TPSA) is 17.1 Å². The molecule has 0 radical (unpaired) electrons. The number of carbonyl (C=O) groups excluding carboxylic acids is 1. The third-order valence-electron chi connectivity index (χ3n) is 3.42. The van der Waals surface area contributed by atoms with Gasteiger partial charge in [-0.15, -0.1) is 0 Å². The van der Waals surface area contributed by atoms with Gasteiger partial charge in [0, 0.05) is 17.4 Å². The molecule has 1 aliphatic rings. The second-order valence-electron chi connectivity index (χ2n) is 4.35. The van der Waals surface area contributed by atoms with Crippen LogP contribution in [0.15, 0.2) is 24.3 Å². The second kappa shape index (κ2) is 4.36. The van der Waals surface area contributed by atoms with Crippen LogP contribution >= 0.6 is 11.6 Å². The molecule has 15 heavy (non-hydrogen) atoms. The molecule has 2 heteroatoms. The quantitative estimate of drug-likeness (QED) is 0.749. The average Bonchev–Trinajstić information content (AvgIpc) is 2.53. The number of ketones is 1. The first-order valence-electron chi connectivity index (χ1n) is 5.44. The average molecular weight is 223 g/mol. The fraction of sp³-hybridized carbons (Fsp3) is 0.462. The first-order chi connectivity index (χ1) is 7.18. The van der Waals surface area contributed by atoms with Crippen LogP contribution in [-0.4, -0.2) is 5.78 Å². The van der Waals surface area contributed by atoms with Crippen molar-refractivity contribution in [2.24, 2.45) is 11.8 Å². The molecule has 0 aliphatic heterocycles. The molecule has 2 atom stereocenters. The fourth-order valence-electron chi connectivity index (χ4n) is 2.29. The number of carbonyl (C=O) groups is 1. The summed E-state index contributed by atoms with van der Waals surface area (Å²) in [7, 11) is 0. The van der Waals surface area contributed by atoms with Crippen molar-refractivity contribution < 1.29 is 4.79 Å². The summed E-state index contributed by atoms with van der Waals surface area (Å²) in [4.78, 5) is 11.4. The second-order valence-corrected chi connectivity index (χ2v) is 4.76. The van der Waals surface area contributed by atoms with E-state index in [0.717, 1.165) is 24.3 Å². The van der Waals surface area contributed by atoms with Crippen LogP contribution in [0.3, 0.4) is 0 Å². The van der Waals surface area contributed by atoms with Gasteiger partial charge in [0.2, 0.25) is 0 Å². The van der Waals surface area contributed by atoms with Crippen LogP contribution in [0.25, 0.3) is 0 Å². The number of benzene rings is 1. The van der Waals surface area contributed by atoms with E-state index in [0.29, 0.717) is 11.7 Å². The van der Waals surface area contributed by atoms with Crippen molar-refractivity contribution in [3.8, 4) is 0 Å². The predicted molar refractivity (Wildman–Crippen MR) is 62.1 cm³/mol. The largest absolute Gasteiger partial charge is 0.299 e. The summed E-state index contributed by atoms with van der Waals surface area (Å²) in [5.74, 6) is 1.10. The van der Waals surface area contributed by atoms with Gasteiger partial charge in [0.1, 0.15) is 5.78 Å². The molecule has 0 spiro atoms. The smallest absolute Gasteiger partial charge is 0.135 e. The van der Waals surface area contributed by atoms with Crippen molar-refractivity contribution in [1.82, 2.24) is 0 Å². The summed E-state index contributed by atoms with van der Waals surface area (Å²) in [6, 6.07) is 7.91. The zero-order valence-corrected chi connectivity index (χ0v) is 9.63. The zero-order chi connectivity index (χ0) is 10.8. The first-order valence-corrected chi connectivity index (χ1v) is 5.82. The highest BCUT2D eigenvalue weighted by Gasteiger charge is 2.30. The van der Waals surface area contributed by atoms with Gasteiger partial charge >= 0.3 is 0 Å². The lowest BCUT2D eigenvalue weighted by Crippen LogP contribution is -2.12. The molecular formula is C13H15ClO. The monoisotopic (exact) mass is 222 g/mol. The molecule has 0 bridgehead atoms. The normalized spacial score (nSPS) is 25.9. The van der Waals surface area contributed by atoms with E-state index >= 15 is 0 Å². The highest BCUT2D eigenvalue weighted by Crippen LogP contribution is 2.32. The van der Waals surface area contributed by atoms with Crippen LogP contribution in [0, 0.1) is 11.8 Å². The maximum atomic E-state index is 11.4. The van der Waals surface area contributed by atoms with Gasteiger partial charge in [0.05, 0.1) is 0 Å². The lowest BCUT2D eigenvalue weighted by Gasteiger charge is -2.14. The number of hydrogen-bond donors (Lipinski definition) is 0. The van der Waals surface area contributed by atoms with Gasteiger partial charge in [-0.05, 0) is 30.4 Å². The third-order valence-corrected chi connectivity index (χ3v) is 3.79. The maximum absolute atomic E-state index is 11.4. The fourth-order valence-corrected chi connectivity index (χ4v) is 2.51. The number of Topliss-reactive ketones (excluding diaryl/α,β-unsaturated/α-hetero) is 1. The SMILES string of the molecule is CC1C(=O)CCC1Cc1ccccc1Cl. The van der Waals surface area contributed by atoms with Crippen molar-refractivity contribution in [2.45, 2.75) is 26.2 Å². The van der Waals surface area contributed by atoms with E-state index < -0.39 is 0 Å². The van der Waals surface area contributed by atoms with Gasteiger partial charge in [-0.1, -0.05) is 36.7 Å². The summed E-state index contributed by atoms with van der Waals surface area (Å²) in [6.45, 7) is 2.04. The van der Waals surface area contributed by atoms with E-state index in [1.807, 2.05) is 25.1 Å². The molecule has 0 saturated heterocycles. The van der Waals surface area contributed by atoms with Gasteiger partial charge in [-0.2, -0.15) is 0 Å². The first kappa shape index (κ1) is 10.7. The van der Waals surface area contributed by atoms with Crippen LogP contribution in [0.5, 0.6) is 0 Å². The van der Waals surface area contributed by atoms with Crippen molar-refractivity contribution in [2.75, 3.05) is 0 Å². The van der Waals surface area contributed by atoms with Crippen molar-refractivity contribution in [3.05, 3.63) is 34.9 Å². The summed E-state index contributed by atoms with van der Waals surface area (Å²) in [6.07, 6.45) is 2.70. The molecule has 2 rings (SSSR count). The Morgan fingerprint density at radius 1 is 1.40 bits per heavy atom. The molecule has 0 N–H and O–H groups in total. The molecule has 1 aromatic rings. The summed E-state index contributed by atoms with van der Waals surface area (Å²) < 4.78 is 0. The van der Waals surface area contributed by atoms with Crippen LogP contribution in [-0.2, 0) is 11.2 Å². The van der Waals surface area contributed by atoms with E-state index in [9.17, 15) is 4.79 Å². The van der Waals surface area contributed by atoms with Crippen molar-refractivity contribution >= 4 is 17.4 Å². The molecule has 0 aromatic heterocycles. The lowest BCUT2D eigenvalue weighted by atomic mass is 9.91. The Hall–Kier alpha value is -0.820. The minimum Gasteiger partial charge on any atom is -0.299 e. The van der Waals surface area contributed by atoms with Crippen LogP contribution in [0.4, 0.5) is 0 Å². The van der Waals surface area contributed by atoms with Gasteiger partial charge in [-0.25, -0.2) is 0 Å². The molecule has 1 saturated carbocycles. The molecule has 0 heterocycles. The molecule has 1 aliphatic carbocycles. The summed E-state index contributed by atoms with van der Waals surface area (Å²) in [5.41, 5.74) is 1.17. The zero-order valence-electron chi connectivity index (χ0n) is 8.87. The van der Waals surface area contributed by atoms with Gasteiger partial charge in [-0.3, -0.25) is 4.79 Å². The Morgan fingerprint density at radius 2 is 2.13 bits per heavy atom. The number of halogens is 1. The molecule has 1 nitrogen and oxygen atoms in total. The van der Waals surface area contributed by atoms with E-state index in [-0.39, 0.29) is 5.92 Å². The number of hydrogen-bond acceptors (Lipinski definition) is 1. The molecule has 0 amide bonds. The van der Waals surface area contributed by atoms with E-state index in [2.05, 4.69) is 6.07 Å². The molecule has 1 aromatic carbocycles. The standard InChI is InChI=1S/C13H15ClO/c1-9-10(6-7-13(9)15)8-11-4-2-3-5-12(11)14/h2-5,9-10H,6-8H2,1H3. The van der Waals surface area contributed by atoms with Gasteiger partial charge in [0.25, 0.3) is 0 Å². The molecular weight excluding hydrogens is 208 g/mol. The van der Waals surface area contributed by atoms with Crippen molar-refractivity contribution in [3.63, 3.8) is 0 Å². The minimum absolute atomic E-state index is 0.210. The van der Waals surface area contributed by atoms with E-state index in [1.165, 1.54) is 5.56 Å². The Kier molecular flexibility index (Phi) is 3.11. The highest BCUT2D eigenvalue weighted by molar-refractivity contribution is 6.31. The maximum Gasteiger partial charge on any atom is 0.135 e. The molecule has 1 fully saturated rings. The van der Waals surface area contributed by atoms with Gasteiger partial charge in [0.15, 0.2) is 0 Å². The van der Waals surface area contributed by atoms with Crippen LogP contribution < -0.4 is 0 Å².